The lowest BCUT2D eigenvalue weighted by Gasteiger charge is -2.34. The van der Waals surface area contributed by atoms with E-state index in [4.69, 9.17) is 0 Å². The van der Waals surface area contributed by atoms with Gasteiger partial charge in [0.2, 0.25) is 5.91 Å². The van der Waals surface area contributed by atoms with E-state index >= 15 is 0 Å². The fourth-order valence-electron chi connectivity index (χ4n) is 3.27. The molecule has 6 heteroatoms. The Morgan fingerprint density at radius 2 is 2.12 bits per heavy atom. The van der Waals surface area contributed by atoms with Crippen molar-refractivity contribution in [1.29, 1.82) is 0 Å². The summed E-state index contributed by atoms with van der Waals surface area (Å²) in [4.78, 5) is 17.3. The maximum atomic E-state index is 13.3. The lowest BCUT2D eigenvalue weighted by molar-refractivity contribution is -0.117. The highest BCUT2D eigenvalue weighted by molar-refractivity contribution is 7.10. The van der Waals surface area contributed by atoms with E-state index in [9.17, 15) is 9.18 Å². The highest BCUT2D eigenvalue weighted by Gasteiger charge is 2.31. The van der Waals surface area contributed by atoms with E-state index in [1.807, 2.05) is 6.07 Å². The normalized spacial score (nSPS) is 17.2. The highest BCUT2D eigenvalue weighted by Crippen LogP contribution is 2.39. The number of carbonyl (C=O) groups is 1. The quantitative estimate of drug-likeness (QED) is 0.729. The molecule has 1 unspecified atom stereocenters. The lowest BCUT2D eigenvalue weighted by atomic mass is 9.98. The predicted octanol–water partition coefficient (Wildman–Crippen LogP) is 4.53. The van der Waals surface area contributed by atoms with Gasteiger partial charge in [-0.25, -0.2) is 4.39 Å². The summed E-state index contributed by atoms with van der Waals surface area (Å²) in [5.41, 5.74) is 1.79. The molecule has 3 heterocycles. The van der Waals surface area contributed by atoms with Gasteiger partial charge in [-0.15, -0.1) is 22.7 Å². The topological polar surface area (TPSA) is 32.3 Å². The number of nitrogens with one attached hydrogen (secondary N) is 1. The highest BCUT2D eigenvalue weighted by atomic mass is 32.1. The third kappa shape index (κ3) is 3.51. The summed E-state index contributed by atoms with van der Waals surface area (Å²) >= 11 is 3.50. The molecule has 0 spiro atoms. The number of fused-ring (bicyclic) bond motifs is 1. The Kier molecular flexibility index (Phi) is 4.65. The molecule has 25 heavy (non-hydrogen) atoms. The summed E-state index contributed by atoms with van der Waals surface area (Å²) in [6.07, 6.45) is 0.960. The van der Waals surface area contributed by atoms with Gasteiger partial charge >= 0.3 is 0 Å². The van der Waals surface area contributed by atoms with Crippen molar-refractivity contribution >= 4 is 34.3 Å². The van der Waals surface area contributed by atoms with Crippen LogP contribution in [-0.2, 0) is 11.2 Å². The van der Waals surface area contributed by atoms with Gasteiger partial charge < -0.3 is 5.32 Å². The molecule has 1 aromatic carbocycles. The van der Waals surface area contributed by atoms with E-state index in [0.717, 1.165) is 13.0 Å². The zero-order chi connectivity index (χ0) is 17.2. The largest absolute Gasteiger partial charge is 0.325 e. The maximum Gasteiger partial charge on any atom is 0.238 e. The van der Waals surface area contributed by atoms with Crippen molar-refractivity contribution < 1.29 is 9.18 Å². The molecule has 0 saturated carbocycles. The molecular weight excluding hydrogens is 355 g/mol. The number of amides is 1. The summed E-state index contributed by atoms with van der Waals surface area (Å²) in [5, 5.41) is 7.00. The van der Waals surface area contributed by atoms with Crippen LogP contribution in [0.2, 0.25) is 0 Å². The van der Waals surface area contributed by atoms with Gasteiger partial charge in [0.1, 0.15) is 5.82 Å². The third-order valence-electron chi connectivity index (χ3n) is 4.33. The molecule has 128 valence electrons. The number of anilines is 1. The van der Waals surface area contributed by atoms with Crippen molar-refractivity contribution in [2.24, 2.45) is 0 Å². The lowest BCUT2D eigenvalue weighted by Crippen LogP contribution is -2.40. The van der Waals surface area contributed by atoms with Gasteiger partial charge in [0, 0.05) is 22.0 Å². The van der Waals surface area contributed by atoms with Crippen molar-refractivity contribution in [1.82, 2.24) is 4.90 Å². The minimum Gasteiger partial charge on any atom is -0.325 e. The molecule has 4 rings (SSSR count). The van der Waals surface area contributed by atoms with Gasteiger partial charge in [-0.1, -0.05) is 12.1 Å². The van der Waals surface area contributed by atoms with E-state index in [0.29, 0.717) is 5.69 Å². The van der Waals surface area contributed by atoms with Gasteiger partial charge in [-0.05, 0) is 53.1 Å². The van der Waals surface area contributed by atoms with E-state index in [1.165, 1.54) is 27.5 Å². The van der Waals surface area contributed by atoms with Crippen LogP contribution >= 0.6 is 22.7 Å². The molecule has 0 bridgehead atoms. The zero-order valence-corrected chi connectivity index (χ0v) is 15.1. The first-order chi connectivity index (χ1) is 12.2. The van der Waals surface area contributed by atoms with E-state index < -0.39 is 0 Å². The molecule has 3 nitrogen and oxygen atoms in total. The fraction of sp³-hybridized carbons (Fsp3) is 0.211. The van der Waals surface area contributed by atoms with Crippen LogP contribution in [0.3, 0.4) is 0 Å². The van der Waals surface area contributed by atoms with Crippen molar-refractivity contribution in [3.05, 3.63) is 74.4 Å². The predicted molar refractivity (Wildman–Crippen MR) is 101 cm³/mol. The third-order valence-corrected chi connectivity index (χ3v) is 6.25. The molecule has 0 radical (unpaired) electrons. The number of hydrogen-bond donors (Lipinski definition) is 1. The van der Waals surface area contributed by atoms with Crippen LogP contribution in [0.5, 0.6) is 0 Å². The van der Waals surface area contributed by atoms with Gasteiger partial charge in [-0.3, -0.25) is 9.69 Å². The second kappa shape index (κ2) is 7.07. The van der Waals surface area contributed by atoms with E-state index in [-0.39, 0.29) is 24.3 Å². The molecule has 1 N–H and O–H groups in total. The summed E-state index contributed by atoms with van der Waals surface area (Å²) in [7, 11) is 0. The molecule has 0 aliphatic carbocycles. The second-order valence-electron chi connectivity index (χ2n) is 6.00. The van der Waals surface area contributed by atoms with Crippen LogP contribution in [0.15, 0.2) is 53.2 Å². The Labute approximate surface area is 153 Å². The minimum absolute atomic E-state index is 0.119. The minimum atomic E-state index is -0.352. The van der Waals surface area contributed by atoms with Crippen molar-refractivity contribution in [3.8, 4) is 0 Å². The number of carbonyl (C=O) groups excluding carboxylic acids is 1. The van der Waals surface area contributed by atoms with Crippen molar-refractivity contribution in [3.63, 3.8) is 0 Å². The number of hydrogen-bond acceptors (Lipinski definition) is 4. The molecule has 2 aromatic heterocycles. The van der Waals surface area contributed by atoms with Crippen LogP contribution in [0.25, 0.3) is 0 Å². The van der Waals surface area contributed by atoms with Crippen molar-refractivity contribution in [2.75, 3.05) is 18.4 Å². The summed E-state index contributed by atoms with van der Waals surface area (Å²) in [6.45, 7) is 1.13. The monoisotopic (exact) mass is 372 g/mol. The Morgan fingerprint density at radius 1 is 1.20 bits per heavy atom. The fourth-order valence-corrected chi connectivity index (χ4v) is 5.05. The first-order valence-corrected chi connectivity index (χ1v) is 9.86. The van der Waals surface area contributed by atoms with Gasteiger partial charge in [0.25, 0.3) is 0 Å². The molecule has 1 amide bonds. The van der Waals surface area contributed by atoms with Crippen LogP contribution in [0.1, 0.15) is 21.4 Å². The molecule has 0 fully saturated rings. The molecule has 3 aromatic rings. The molecule has 1 atom stereocenters. The Balaban J connectivity index is 1.54. The number of thiophene rings is 2. The van der Waals surface area contributed by atoms with Gasteiger partial charge in [0.15, 0.2) is 0 Å². The summed E-state index contributed by atoms with van der Waals surface area (Å²) in [6, 6.07) is 12.5. The SMILES string of the molecule is O=C(CN1CCc2sccc2C1c1cccs1)Nc1cccc(F)c1. The van der Waals surface area contributed by atoms with Gasteiger partial charge in [-0.2, -0.15) is 0 Å². The Bertz CT molecular complexity index is 875. The second-order valence-corrected chi connectivity index (χ2v) is 7.98. The van der Waals surface area contributed by atoms with E-state index in [2.05, 4.69) is 33.1 Å². The van der Waals surface area contributed by atoms with Gasteiger partial charge in [0.05, 0.1) is 12.6 Å². The molecule has 0 saturated heterocycles. The standard InChI is InChI=1S/C19H17FN2OS2/c20-13-3-1-4-14(11-13)21-18(23)12-22-8-6-16-15(7-10-25-16)19(22)17-5-2-9-24-17/h1-5,7,9-11,19H,6,8,12H2,(H,21,23). The maximum absolute atomic E-state index is 13.3. The number of benzene rings is 1. The number of nitrogens with zero attached hydrogens (tertiary/aromatic N) is 1. The van der Waals surface area contributed by atoms with Crippen molar-refractivity contribution in [2.45, 2.75) is 12.5 Å². The first-order valence-electron chi connectivity index (χ1n) is 8.10. The van der Waals surface area contributed by atoms with Crippen LogP contribution in [0.4, 0.5) is 10.1 Å². The summed E-state index contributed by atoms with van der Waals surface area (Å²) < 4.78 is 13.3. The smallest absolute Gasteiger partial charge is 0.238 e. The molecule has 1 aliphatic rings. The summed E-state index contributed by atoms with van der Waals surface area (Å²) in [5.74, 6) is -0.471. The van der Waals surface area contributed by atoms with Crippen LogP contribution < -0.4 is 5.32 Å². The van der Waals surface area contributed by atoms with Crippen LogP contribution in [-0.4, -0.2) is 23.9 Å². The average molecular weight is 372 g/mol. The zero-order valence-electron chi connectivity index (χ0n) is 13.4. The Morgan fingerprint density at radius 3 is 2.92 bits per heavy atom. The average Bonchev–Trinajstić information content (AvgIpc) is 3.26. The molecular formula is C19H17FN2OS2. The Hall–Kier alpha value is -2.02. The first kappa shape index (κ1) is 16.4. The number of halogens is 1. The molecule has 1 aliphatic heterocycles. The van der Waals surface area contributed by atoms with Crippen LogP contribution in [0, 0.1) is 5.82 Å². The number of rotatable bonds is 4. The van der Waals surface area contributed by atoms with E-state index in [1.54, 1.807) is 34.8 Å².